The van der Waals surface area contributed by atoms with Gasteiger partial charge in [0.05, 0.1) is 11.4 Å². The molecule has 3 aliphatic carbocycles. The second-order valence-corrected chi connectivity index (χ2v) is 9.54. The van der Waals surface area contributed by atoms with Gasteiger partial charge in [-0.25, -0.2) is 4.98 Å². The van der Waals surface area contributed by atoms with E-state index in [1.54, 1.807) is 5.57 Å². The first-order chi connectivity index (χ1) is 15.3. The zero-order valence-corrected chi connectivity index (χ0v) is 17.6. The minimum Gasteiger partial charge on any atom is -0.247 e. The van der Waals surface area contributed by atoms with Gasteiger partial charge >= 0.3 is 0 Å². The minimum absolute atomic E-state index is 0.672. The Hall–Kier alpha value is -3.19. The van der Waals surface area contributed by atoms with E-state index in [0.29, 0.717) is 5.92 Å². The molecule has 7 rings (SSSR count). The third-order valence-electron chi connectivity index (χ3n) is 7.95. The number of nitrogens with zero attached hydrogens (tertiary/aromatic N) is 1. The molecule has 2 fully saturated rings. The quantitative estimate of drug-likeness (QED) is 0.334. The van der Waals surface area contributed by atoms with E-state index in [4.69, 9.17) is 4.98 Å². The van der Waals surface area contributed by atoms with Gasteiger partial charge in [0.15, 0.2) is 0 Å². The van der Waals surface area contributed by atoms with Crippen molar-refractivity contribution in [3.05, 3.63) is 95.7 Å². The molecule has 4 aromatic rings. The van der Waals surface area contributed by atoms with Crippen LogP contribution in [0.5, 0.6) is 0 Å². The molecule has 1 nitrogen and oxygen atoms in total. The lowest BCUT2D eigenvalue weighted by molar-refractivity contribution is 0.489. The Balaban J connectivity index is 1.42. The Kier molecular flexibility index (Phi) is 3.75. The van der Waals surface area contributed by atoms with E-state index in [1.807, 2.05) is 0 Å². The molecule has 3 atom stereocenters. The van der Waals surface area contributed by atoms with E-state index in [9.17, 15) is 0 Å². The van der Waals surface area contributed by atoms with Gasteiger partial charge in [0, 0.05) is 10.9 Å². The van der Waals surface area contributed by atoms with E-state index < -0.39 is 0 Å². The molecule has 0 radical (unpaired) electrons. The van der Waals surface area contributed by atoms with Crippen molar-refractivity contribution >= 4 is 16.8 Å². The average molecular weight is 400 g/mol. The van der Waals surface area contributed by atoms with Crippen molar-refractivity contribution in [1.82, 2.24) is 4.98 Å². The SMILES string of the molecule is C1=C2CCC3CC(CC23)c2c1nc(-c1ccc(-c3ccccc3)cc1)c1ccccc21. The molecule has 3 aromatic carbocycles. The summed E-state index contributed by atoms with van der Waals surface area (Å²) >= 11 is 0. The third-order valence-corrected chi connectivity index (χ3v) is 7.95. The Morgan fingerprint density at radius 1 is 0.677 bits per heavy atom. The first-order valence-corrected chi connectivity index (χ1v) is 11.6. The van der Waals surface area contributed by atoms with Crippen molar-refractivity contribution in [1.29, 1.82) is 0 Å². The molecule has 3 aliphatic rings. The van der Waals surface area contributed by atoms with Crippen LogP contribution in [0.4, 0.5) is 0 Å². The number of allylic oxidation sites excluding steroid dienone is 1. The van der Waals surface area contributed by atoms with Gasteiger partial charge in [-0.2, -0.15) is 0 Å². The number of hydrogen-bond donors (Lipinski definition) is 0. The van der Waals surface area contributed by atoms with Crippen LogP contribution in [0.2, 0.25) is 0 Å². The molecule has 150 valence electrons. The molecular weight excluding hydrogens is 374 g/mol. The summed E-state index contributed by atoms with van der Waals surface area (Å²) in [4.78, 5) is 5.33. The van der Waals surface area contributed by atoms with Crippen LogP contribution in [0.15, 0.2) is 84.4 Å². The summed E-state index contributed by atoms with van der Waals surface area (Å²) in [6.45, 7) is 0. The summed E-state index contributed by atoms with van der Waals surface area (Å²) in [5.74, 6) is 2.39. The molecule has 1 heteroatoms. The Morgan fingerprint density at radius 2 is 1.39 bits per heavy atom. The number of benzene rings is 3. The largest absolute Gasteiger partial charge is 0.247 e. The molecule has 0 amide bonds. The average Bonchev–Trinajstić information content (AvgIpc) is 3.38. The molecule has 1 aromatic heterocycles. The molecule has 0 N–H and O–H groups in total. The van der Waals surface area contributed by atoms with Gasteiger partial charge in [-0.05, 0) is 71.6 Å². The molecule has 31 heavy (non-hydrogen) atoms. The number of fused-ring (bicyclic) bond motifs is 5. The Morgan fingerprint density at radius 3 is 2.23 bits per heavy atom. The highest BCUT2D eigenvalue weighted by Gasteiger charge is 2.43. The van der Waals surface area contributed by atoms with Gasteiger partial charge in [-0.3, -0.25) is 0 Å². The smallest absolute Gasteiger partial charge is 0.0787 e. The number of hydrogen-bond acceptors (Lipinski definition) is 1. The van der Waals surface area contributed by atoms with Crippen LogP contribution in [0, 0.1) is 11.8 Å². The lowest BCUT2D eigenvalue weighted by atomic mass is 9.88. The van der Waals surface area contributed by atoms with Crippen molar-refractivity contribution in [2.45, 2.75) is 31.6 Å². The maximum Gasteiger partial charge on any atom is 0.0787 e. The first kappa shape index (κ1) is 17.5. The van der Waals surface area contributed by atoms with E-state index in [1.165, 1.54) is 64.4 Å². The second-order valence-electron chi connectivity index (χ2n) is 9.54. The fourth-order valence-electron chi connectivity index (χ4n) is 6.54. The summed E-state index contributed by atoms with van der Waals surface area (Å²) in [6.07, 6.45) is 7.81. The number of pyridine rings is 1. The van der Waals surface area contributed by atoms with Crippen molar-refractivity contribution < 1.29 is 0 Å². The topological polar surface area (TPSA) is 12.9 Å². The molecule has 2 saturated carbocycles. The molecule has 2 bridgehead atoms. The van der Waals surface area contributed by atoms with Crippen LogP contribution in [-0.4, -0.2) is 4.98 Å². The van der Waals surface area contributed by atoms with Gasteiger partial charge in [-0.1, -0.05) is 84.4 Å². The van der Waals surface area contributed by atoms with Crippen molar-refractivity contribution in [2.24, 2.45) is 11.8 Å². The van der Waals surface area contributed by atoms with Crippen molar-refractivity contribution in [3.8, 4) is 22.4 Å². The standard InChI is InChI=1S/C30H25N/c1-2-6-19(7-3-1)20-10-12-21(13-11-20)30-26-9-5-4-8-25(26)29-24-16-22-14-15-23(27(22)17-24)18-28(29)31-30/h1-13,18,22,24,27H,14-17H2. The van der Waals surface area contributed by atoms with Gasteiger partial charge in [0.1, 0.15) is 0 Å². The Bertz CT molecular complexity index is 1330. The predicted octanol–water partition coefficient (Wildman–Crippen LogP) is 7.87. The third kappa shape index (κ3) is 2.66. The maximum absolute atomic E-state index is 5.33. The highest BCUT2D eigenvalue weighted by molar-refractivity contribution is 5.99. The van der Waals surface area contributed by atoms with Gasteiger partial charge in [-0.15, -0.1) is 0 Å². The van der Waals surface area contributed by atoms with E-state index in [-0.39, 0.29) is 0 Å². The summed E-state index contributed by atoms with van der Waals surface area (Å²) in [5.41, 5.74) is 9.26. The van der Waals surface area contributed by atoms with E-state index in [2.05, 4.69) is 84.9 Å². The maximum atomic E-state index is 5.33. The zero-order valence-electron chi connectivity index (χ0n) is 17.6. The molecular formula is C30H25N. The van der Waals surface area contributed by atoms with Crippen LogP contribution in [-0.2, 0) is 0 Å². The fraction of sp³-hybridized carbons (Fsp3) is 0.233. The van der Waals surface area contributed by atoms with Gasteiger partial charge in [0.25, 0.3) is 0 Å². The normalized spacial score (nSPS) is 23.5. The van der Waals surface area contributed by atoms with Crippen LogP contribution >= 0.6 is 0 Å². The first-order valence-electron chi connectivity index (χ1n) is 11.6. The lowest BCUT2D eigenvalue weighted by Gasteiger charge is -2.19. The zero-order chi connectivity index (χ0) is 20.4. The van der Waals surface area contributed by atoms with Crippen molar-refractivity contribution in [3.63, 3.8) is 0 Å². The predicted molar refractivity (Wildman–Crippen MR) is 129 cm³/mol. The second kappa shape index (κ2) is 6.65. The monoisotopic (exact) mass is 399 g/mol. The van der Waals surface area contributed by atoms with Crippen LogP contribution < -0.4 is 0 Å². The van der Waals surface area contributed by atoms with E-state index >= 15 is 0 Å². The molecule has 3 unspecified atom stereocenters. The molecule has 1 heterocycles. The number of aromatic nitrogens is 1. The fourth-order valence-corrected chi connectivity index (χ4v) is 6.54. The highest BCUT2D eigenvalue weighted by Crippen LogP contribution is 2.57. The van der Waals surface area contributed by atoms with Crippen LogP contribution in [0.3, 0.4) is 0 Å². The van der Waals surface area contributed by atoms with Crippen molar-refractivity contribution in [2.75, 3.05) is 0 Å². The highest BCUT2D eigenvalue weighted by atomic mass is 14.7. The summed E-state index contributed by atoms with van der Waals surface area (Å²) < 4.78 is 0. The Labute approximate surface area is 183 Å². The summed E-state index contributed by atoms with van der Waals surface area (Å²) in [5, 5.41) is 2.71. The van der Waals surface area contributed by atoms with E-state index in [0.717, 1.165) is 17.5 Å². The number of rotatable bonds is 2. The molecule has 0 saturated heterocycles. The van der Waals surface area contributed by atoms with Gasteiger partial charge in [0.2, 0.25) is 0 Å². The van der Waals surface area contributed by atoms with Crippen LogP contribution in [0.1, 0.15) is 42.9 Å². The molecule has 0 spiro atoms. The van der Waals surface area contributed by atoms with Gasteiger partial charge < -0.3 is 0 Å². The molecule has 0 aliphatic heterocycles. The minimum atomic E-state index is 0.672. The summed E-state index contributed by atoms with van der Waals surface area (Å²) in [7, 11) is 0. The lowest BCUT2D eigenvalue weighted by Crippen LogP contribution is -2.03. The summed E-state index contributed by atoms with van der Waals surface area (Å²) in [6, 6.07) is 28.5. The van der Waals surface area contributed by atoms with Crippen LogP contribution in [0.25, 0.3) is 39.2 Å².